The van der Waals surface area contributed by atoms with E-state index in [0.717, 1.165) is 55.7 Å². The molecule has 356 valence electrons. The first-order valence-corrected chi connectivity index (χ1v) is 26.3. The maximum absolute atomic E-state index is 6.29. The van der Waals surface area contributed by atoms with Gasteiger partial charge in [0.15, 0.2) is 0 Å². The molecule has 0 N–H and O–H groups in total. The van der Waals surface area contributed by atoms with Gasteiger partial charge in [-0.15, -0.1) is 0 Å². The Morgan fingerprint density at radius 1 is 0.263 bits per heavy atom. The Balaban J connectivity index is 0.926. The maximum atomic E-state index is 6.29. The van der Waals surface area contributed by atoms with Crippen molar-refractivity contribution in [1.29, 1.82) is 0 Å². The summed E-state index contributed by atoms with van der Waals surface area (Å²) in [6.07, 6.45) is 0. The zero-order chi connectivity index (χ0) is 50.2. The van der Waals surface area contributed by atoms with E-state index < -0.39 is 10.8 Å². The van der Waals surface area contributed by atoms with Gasteiger partial charge in [-0.05, 0) is 138 Å². The summed E-state index contributed by atoms with van der Waals surface area (Å²) >= 11 is 0. The quantitative estimate of drug-likeness (QED) is 0.143. The first kappa shape index (κ1) is 43.8. The van der Waals surface area contributed by atoms with Crippen LogP contribution < -0.4 is 4.90 Å². The van der Waals surface area contributed by atoms with Crippen molar-refractivity contribution >= 4 is 39.0 Å². The minimum Gasteiger partial charge on any atom is -0.456 e. The Bertz CT molecular complexity index is 4250. The van der Waals surface area contributed by atoms with Gasteiger partial charge >= 0.3 is 0 Å². The van der Waals surface area contributed by atoms with Crippen molar-refractivity contribution in [3.63, 3.8) is 0 Å². The SMILES string of the molecule is c1ccc(C2(c3ccccc3)c3ccccc3-c3ccc(-c4ccc(N(c5cccc(-c6ccc7oc8ccccc8c7c6)c5)c5cccc6c5-c5ccccc5C6(c5ccccc5)c5ccccc5)cc4)cc32)cc1. The molecule has 15 rings (SSSR count). The van der Waals surface area contributed by atoms with Crippen LogP contribution in [0, 0.1) is 0 Å². The Morgan fingerprint density at radius 2 is 0.737 bits per heavy atom. The van der Waals surface area contributed by atoms with Gasteiger partial charge in [0.25, 0.3) is 0 Å². The number of nitrogens with zero attached hydrogens (tertiary/aromatic N) is 1. The van der Waals surface area contributed by atoms with E-state index in [1.165, 1.54) is 72.3 Å². The summed E-state index contributed by atoms with van der Waals surface area (Å²) in [5.74, 6) is 0. The van der Waals surface area contributed by atoms with Crippen LogP contribution >= 0.6 is 0 Å². The van der Waals surface area contributed by atoms with Crippen LogP contribution in [0.1, 0.15) is 44.5 Å². The van der Waals surface area contributed by atoms with Crippen molar-refractivity contribution < 1.29 is 4.42 Å². The van der Waals surface area contributed by atoms with Gasteiger partial charge in [0.1, 0.15) is 11.2 Å². The molecular formula is C74H49NO. The molecule has 1 aromatic heterocycles. The highest BCUT2D eigenvalue weighted by Gasteiger charge is 2.48. The topological polar surface area (TPSA) is 16.4 Å². The van der Waals surface area contributed by atoms with Gasteiger partial charge < -0.3 is 9.32 Å². The van der Waals surface area contributed by atoms with E-state index in [1.807, 2.05) is 12.1 Å². The van der Waals surface area contributed by atoms with E-state index in [4.69, 9.17) is 4.42 Å². The Hall–Kier alpha value is -9.76. The molecule has 2 heteroatoms. The van der Waals surface area contributed by atoms with Gasteiger partial charge in [-0.3, -0.25) is 0 Å². The second kappa shape index (κ2) is 17.4. The molecule has 0 aliphatic heterocycles. The van der Waals surface area contributed by atoms with Crippen LogP contribution in [-0.2, 0) is 10.8 Å². The van der Waals surface area contributed by atoms with Crippen LogP contribution in [0.4, 0.5) is 17.1 Å². The van der Waals surface area contributed by atoms with E-state index in [9.17, 15) is 0 Å². The molecule has 2 aliphatic rings. The van der Waals surface area contributed by atoms with Gasteiger partial charge in [-0.1, -0.05) is 243 Å². The Kier molecular flexibility index (Phi) is 10.0. The number of furan rings is 1. The average molecular weight is 968 g/mol. The lowest BCUT2D eigenvalue weighted by molar-refractivity contribution is 0.669. The third-order valence-electron chi connectivity index (χ3n) is 16.4. The molecule has 12 aromatic carbocycles. The van der Waals surface area contributed by atoms with Crippen molar-refractivity contribution in [2.75, 3.05) is 4.90 Å². The molecule has 0 atom stereocenters. The lowest BCUT2D eigenvalue weighted by atomic mass is 9.67. The standard InChI is InChI=1S/C74H49NO/c1-5-22-54(23-6-1)73(55-24-7-2-8-25-55)66-35-17-14-33-63(66)72-67(73)36-20-37-69(72)75(59-30-19-21-51(47-59)52-42-46-71-64(48-52)62-32-15-18-38-70(62)76-71)58-43-39-50(40-44-58)53-41-45-61-60-31-13-16-34-65(60)74(68(61)49-53,56-26-9-3-10-27-56)57-28-11-4-12-29-57/h1-49H. The molecule has 0 unspecified atom stereocenters. The van der Waals surface area contributed by atoms with E-state index >= 15 is 0 Å². The lowest BCUT2D eigenvalue weighted by Gasteiger charge is -2.34. The Labute approximate surface area is 443 Å². The van der Waals surface area contributed by atoms with Crippen molar-refractivity contribution in [2.24, 2.45) is 0 Å². The fraction of sp³-hybridized carbons (Fsp3) is 0.0270. The second-order valence-electron chi connectivity index (χ2n) is 20.3. The number of benzene rings is 12. The number of para-hydroxylation sites is 1. The van der Waals surface area contributed by atoms with Crippen LogP contribution in [0.2, 0.25) is 0 Å². The van der Waals surface area contributed by atoms with Gasteiger partial charge in [0, 0.05) is 27.7 Å². The van der Waals surface area contributed by atoms with Gasteiger partial charge in [0.05, 0.1) is 16.5 Å². The predicted octanol–water partition coefficient (Wildman–Crippen LogP) is 19.1. The van der Waals surface area contributed by atoms with Gasteiger partial charge in [0.2, 0.25) is 0 Å². The second-order valence-corrected chi connectivity index (χ2v) is 20.3. The van der Waals surface area contributed by atoms with Crippen molar-refractivity contribution in [2.45, 2.75) is 10.8 Å². The minimum atomic E-state index is -0.549. The Morgan fingerprint density at radius 3 is 1.41 bits per heavy atom. The third kappa shape index (κ3) is 6.47. The first-order valence-electron chi connectivity index (χ1n) is 26.3. The summed E-state index contributed by atoms with van der Waals surface area (Å²) in [4.78, 5) is 2.48. The number of anilines is 3. The number of rotatable bonds is 9. The summed E-state index contributed by atoms with van der Waals surface area (Å²) in [5, 5.41) is 2.23. The van der Waals surface area contributed by atoms with Crippen LogP contribution in [0.15, 0.2) is 302 Å². The van der Waals surface area contributed by atoms with Gasteiger partial charge in [-0.2, -0.15) is 0 Å². The smallest absolute Gasteiger partial charge is 0.135 e. The zero-order valence-corrected chi connectivity index (χ0v) is 41.6. The van der Waals surface area contributed by atoms with Gasteiger partial charge in [-0.25, -0.2) is 0 Å². The van der Waals surface area contributed by atoms with Crippen LogP contribution in [0.3, 0.4) is 0 Å². The van der Waals surface area contributed by atoms with E-state index in [-0.39, 0.29) is 0 Å². The summed E-state index contributed by atoms with van der Waals surface area (Å²) in [5.41, 5.74) is 23.8. The number of hydrogen-bond donors (Lipinski definition) is 0. The van der Waals surface area contributed by atoms with Crippen molar-refractivity contribution in [3.05, 3.63) is 342 Å². The molecule has 0 bridgehead atoms. The minimum absolute atomic E-state index is 0.486. The first-order chi connectivity index (χ1) is 37.7. The molecule has 0 amide bonds. The third-order valence-corrected chi connectivity index (χ3v) is 16.4. The van der Waals surface area contributed by atoms with E-state index in [1.54, 1.807) is 0 Å². The van der Waals surface area contributed by atoms with Crippen LogP contribution in [-0.4, -0.2) is 0 Å². The average Bonchev–Trinajstić information content (AvgIpc) is 4.31. The summed E-state index contributed by atoms with van der Waals surface area (Å²) in [7, 11) is 0. The van der Waals surface area contributed by atoms with E-state index in [0.29, 0.717) is 0 Å². The van der Waals surface area contributed by atoms with E-state index in [2.05, 4.69) is 290 Å². The van der Waals surface area contributed by atoms with Crippen molar-refractivity contribution in [1.82, 2.24) is 0 Å². The molecule has 0 radical (unpaired) electrons. The molecule has 0 saturated heterocycles. The monoisotopic (exact) mass is 967 g/mol. The summed E-state index contributed by atoms with van der Waals surface area (Å²) in [6, 6.07) is 110. The maximum Gasteiger partial charge on any atom is 0.135 e. The predicted molar refractivity (Wildman–Crippen MR) is 314 cm³/mol. The molecule has 1 heterocycles. The molecule has 2 nitrogen and oxygen atoms in total. The highest BCUT2D eigenvalue weighted by atomic mass is 16.3. The van der Waals surface area contributed by atoms with Crippen LogP contribution in [0.5, 0.6) is 0 Å². The zero-order valence-electron chi connectivity index (χ0n) is 41.6. The lowest BCUT2D eigenvalue weighted by Crippen LogP contribution is -2.28. The number of fused-ring (bicyclic) bond motifs is 9. The molecule has 0 spiro atoms. The highest BCUT2D eigenvalue weighted by molar-refractivity contribution is 6.06. The molecule has 0 saturated carbocycles. The molecule has 2 aliphatic carbocycles. The molecular weight excluding hydrogens is 919 g/mol. The fourth-order valence-electron chi connectivity index (χ4n) is 13.2. The molecule has 76 heavy (non-hydrogen) atoms. The number of hydrogen-bond acceptors (Lipinski definition) is 2. The summed E-state index contributed by atoms with van der Waals surface area (Å²) < 4.78 is 6.29. The molecule has 0 fully saturated rings. The van der Waals surface area contributed by atoms with Crippen molar-refractivity contribution in [3.8, 4) is 44.5 Å². The largest absolute Gasteiger partial charge is 0.456 e. The normalized spacial score (nSPS) is 13.5. The summed E-state index contributed by atoms with van der Waals surface area (Å²) in [6.45, 7) is 0. The fourth-order valence-corrected chi connectivity index (χ4v) is 13.2. The molecule has 13 aromatic rings. The van der Waals surface area contributed by atoms with Crippen LogP contribution in [0.25, 0.3) is 66.4 Å². The highest BCUT2D eigenvalue weighted by Crippen LogP contribution is 2.60.